The van der Waals surface area contributed by atoms with E-state index in [1.165, 1.54) is 0 Å². The highest BCUT2D eigenvalue weighted by Gasteiger charge is 2.10. The molecule has 0 aliphatic heterocycles. The topological polar surface area (TPSA) is 37.8 Å². The Morgan fingerprint density at radius 1 is 1.29 bits per heavy atom. The van der Waals surface area contributed by atoms with Gasteiger partial charge in [-0.15, -0.1) is 0 Å². The van der Waals surface area contributed by atoms with Crippen LogP contribution in [0.25, 0.3) is 11.3 Å². The Kier molecular flexibility index (Phi) is 3.74. The third-order valence-corrected chi connectivity index (χ3v) is 3.13. The van der Waals surface area contributed by atoms with Gasteiger partial charge >= 0.3 is 0 Å². The van der Waals surface area contributed by atoms with Crippen LogP contribution in [-0.4, -0.2) is 17.0 Å². The first-order chi connectivity index (χ1) is 8.26. The van der Waals surface area contributed by atoms with E-state index in [9.17, 15) is 0 Å². The van der Waals surface area contributed by atoms with Crippen molar-refractivity contribution >= 4 is 21.7 Å². The molecule has 1 heterocycles. The van der Waals surface area contributed by atoms with Crippen LogP contribution in [0, 0.1) is 0 Å². The molecule has 0 bridgehead atoms. The number of anilines is 1. The highest BCUT2D eigenvalue weighted by atomic mass is 79.9. The molecule has 0 unspecified atom stereocenters. The van der Waals surface area contributed by atoms with Crippen molar-refractivity contribution in [1.29, 1.82) is 0 Å². The minimum Gasteiger partial charge on any atom is -0.373 e. The van der Waals surface area contributed by atoms with Gasteiger partial charge in [0.2, 0.25) is 0 Å². The summed E-state index contributed by atoms with van der Waals surface area (Å²) in [4.78, 5) is 8.64. The lowest BCUT2D eigenvalue weighted by atomic mass is 10.0. The first-order valence-corrected chi connectivity index (χ1v) is 6.33. The summed E-state index contributed by atoms with van der Waals surface area (Å²) in [5.41, 5.74) is 3.25. The maximum absolute atomic E-state index is 4.40. The molecule has 2 rings (SSSR count). The molecule has 0 spiro atoms. The molecule has 4 heteroatoms. The Morgan fingerprint density at radius 2 is 2.12 bits per heavy atom. The summed E-state index contributed by atoms with van der Waals surface area (Å²) in [7, 11) is 1.88. The van der Waals surface area contributed by atoms with Crippen molar-refractivity contribution in [3.05, 3.63) is 40.6 Å². The minimum absolute atomic E-state index is 0.900. The summed E-state index contributed by atoms with van der Waals surface area (Å²) >= 11 is 3.48. The Labute approximate surface area is 109 Å². The summed E-state index contributed by atoms with van der Waals surface area (Å²) in [5, 5.41) is 3.11. The first kappa shape index (κ1) is 12.0. The van der Waals surface area contributed by atoms with Gasteiger partial charge in [0.25, 0.3) is 0 Å². The lowest BCUT2D eigenvalue weighted by molar-refractivity contribution is 1.05. The fraction of sp³-hybridized carbons (Fsp3) is 0.231. The molecule has 1 aromatic carbocycles. The molecule has 1 aromatic heterocycles. The molecule has 1 N–H and O–H groups in total. The van der Waals surface area contributed by atoms with Gasteiger partial charge in [-0.05, 0) is 18.6 Å². The maximum atomic E-state index is 4.40. The molecule has 0 atom stereocenters. The number of aromatic nitrogens is 2. The zero-order valence-electron chi connectivity index (χ0n) is 9.87. The van der Waals surface area contributed by atoms with Gasteiger partial charge < -0.3 is 5.32 Å². The van der Waals surface area contributed by atoms with Crippen LogP contribution in [0.4, 0.5) is 5.82 Å². The summed E-state index contributed by atoms with van der Waals surface area (Å²) in [6.45, 7) is 2.11. The fourth-order valence-electron chi connectivity index (χ4n) is 1.85. The summed E-state index contributed by atoms with van der Waals surface area (Å²) in [5.74, 6) is 0.900. The number of hydrogen-bond acceptors (Lipinski definition) is 3. The lowest BCUT2D eigenvalue weighted by Gasteiger charge is -2.11. The van der Waals surface area contributed by atoms with Gasteiger partial charge in [-0.2, -0.15) is 0 Å². The molecule has 17 heavy (non-hydrogen) atoms. The zero-order valence-corrected chi connectivity index (χ0v) is 11.5. The molecule has 0 radical (unpaired) electrons. The smallest absolute Gasteiger partial charge is 0.132 e. The predicted molar refractivity (Wildman–Crippen MR) is 74.1 cm³/mol. The van der Waals surface area contributed by atoms with E-state index in [4.69, 9.17) is 0 Å². The van der Waals surface area contributed by atoms with Crippen molar-refractivity contribution in [2.24, 2.45) is 0 Å². The Bertz CT molecular complexity index is 526. The summed E-state index contributed by atoms with van der Waals surface area (Å²) in [6.07, 6.45) is 2.50. The van der Waals surface area contributed by atoms with Crippen molar-refractivity contribution in [1.82, 2.24) is 9.97 Å². The number of halogens is 1. The standard InChI is InChI=1S/C13H14BrN3/c1-3-11-12(16-8-17-13(11)15-2)9-5-4-6-10(14)7-9/h4-8H,3H2,1-2H3,(H,15,16,17). The quantitative estimate of drug-likeness (QED) is 0.940. The number of benzene rings is 1. The third-order valence-electron chi connectivity index (χ3n) is 2.63. The molecule has 2 aromatic rings. The molecule has 88 valence electrons. The first-order valence-electron chi connectivity index (χ1n) is 5.53. The average Bonchev–Trinajstić information content (AvgIpc) is 2.37. The van der Waals surface area contributed by atoms with Gasteiger partial charge in [0.1, 0.15) is 12.1 Å². The van der Waals surface area contributed by atoms with Crippen molar-refractivity contribution in [3.8, 4) is 11.3 Å². The molecule has 0 saturated carbocycles. The monoisotopic (exact) mass is 291 g/mol. The number of rotatable bonds is 3. The SMILES string of the molecule is CCc1c(NC)ncnc1-c1cccc(Br)c1. The van der Waals surface area contributed by atoms with Crippen LogP contribution in [0.15, 0.2) is 35.1 Å². The molecule has 0 aliphatic rings. The normalized spacial score (nSPS) is 10.3. The Hall–Kier alpha value is -1.42. The molecule has 3 nitrogen and oxygen atoms in total. The predicted octanol–water partition coefficient (Wildman–Crippen LogP) is 3.51. The Balaban J connectivity index is 2.59. The zero-order chi connectivity index (χ0) is 12.3. The van der Waals surface area contributed by atoms with E-state index in [1.807, 2.05) is 19.2 Å². The number of hydrogen-bond donors (Lipinski definition) is 1. The van der Waals surface area contributed by atoms with E-state index >= 15 is 0 Å². The van der Waals surface area contributed by atoms with Gasteiger partial charge in [-0.3, -0.25) is 0 Å². The van der Waals surface area contributed by atoms with Crippen LogP contribution < -0.4 is 5.32 Å². The highest BCUT2D eigenvalue weighted by molar-refractivity contribution is 9.10. The lowest BCUT2D eigenvalue weighted by Crippen LogP contribution is -2.02. The number of nitrogens with zero attached hydrogens (tertiary/aromatic N) is 2. The van der Waals surface area contributed by atoms with E-state index < -0.39 is 0 Å². The highest BCUT2D eigenvalue weighted by Crippen LogP contribution is 2.27. The maximum Gasteiger partial charge on any atom is 0.132 e. The molecule has 0 amide bonds. The van der Waals surface area contributed by atoms with Crippen LogP contribution in [-0.2, 0) is 6.42 Å². The molecular formula is C13H14BrN3. The van der Waals surface area contributed by atoms with Gasteiger partial charge in [-0.25, -0.2) is 9.97 Å². The van der Waals surface area contributed by atoms with E-state index in [0.717, 1.165) is 33.5 Å². The van der Waals surface area contributed by atoms with E-state index in [-0.39, 0.29) is 0 Å². The summed E-state index contributed by atoms with van der Waals surface area (Å²) < 4.78 is 1.06. The minimum atomic E-state index is 0.900. The van der Waals surface area contributed by atoms with Crippen molar-refractivity contribution in [2.45, 2.75) is 13.3 Å². The second kappa shape index (κ2) is 5.27. The van der Waals surface area contributed by atoms with E-state index in [2.05, 4.69) is 50.3 Å². The second-order valence-corrected chi connectivity index (χ2v) is 4.58. The third kappa shape index (κ3) is 2.47. The summed E-state index contributed by atoms with van der Waals surface area (Å²) in [6, 6.07) is 8.15. The van der Waals surface area contributed by atoms with Crippen LogP contribution >= 0.6 is 15.9 Å². The average molecular weight is 292 g/mol. The van der Waals surface area contributed by atoms with Gasteiger partial charge in [0.15, 0.2) is 0 Å². The van der Waals surface area contributed by atoms with Crippen LogP contribution in [0.1, 0.15) is 12.5 Å². The fourth-order valence-corrected chi connectivity index (χ4v) is 2.25. The Morgan fingerprint density at radius 3 is 2.76 bits per heavy atom. The molecule has 0 fully saturated rings. The second-order valence-electron chi connectivity index (χ2n) is 3.66. The van der Waals surface area contributed by atoms with Gasteiger partial charge in [0, 0.05) is 22.6 Å². The van der Waals surface area contributed by atoms with Crippen LogP contribution in [0.2, 0.25) is 0 Å². The molecular weight excluding hydrogens is 278 g/mol. The van der Waals surface area contributed by atoms with Gasteiger partial charge in [-0.1, -0.05) is 35.0 Å². The van der Waals surface area contributed by atoms with Gasteiger partial charge in [0.05, 0.1) is 5.69 Å². The number of nitrogens with one attached hydrogen (secondary N) is 1. The van der Waals surface area contributed by atoms with Crippen LogP contribution in [0.5, 0.6) is 0 Å². The van der Waals surface area contributed by atoms with Crippen molar-refractivity contribution in [3.63, 3.8) is 0 Å². The van der Waals surface area contributed by atoms with Crippen molar-refractivity contribution in [2.75, 3.05) is 12.4 Å². The van der Waals surface area contributed by atoms with Crippen molar-refractivity contribution < 1.29 is 0 Å². The van der Waals surface area contributed by atoms with Crippen LogP contribution in [0.3, 0.4) is 0 Å². The van der Waals surface area contributed by atoms with E-state index in [0.29, 0.717) is 0 Å². The largest absolute Gasteiger partial charge is 0.373 e. The van der Waals surface area contributed by atoms with E-state index in [1.54, 1.807) is 6.33 Å². The molecule has 0 saturated heterocycles. The molecule has 0 aliphatic carbocycles.